The molecule has 0 aromatic heterocycles. The van der Waals surface area contributed by atoms with Gasteiger partial charge in [0.05, 0.1) is 7.11 Å². The van der Waals surface area contributed by atoms with Gasteiger partial charge in [0, 0.05) is 27.2 Å². The summed E-state index contributed by atoms with van der Waals surface area (Å²) in [6.45, 7) is 0.369. The first-order chi connectivity index (χ1) is 11.6. The van der Waals surface area contributed by atoms with E-state index in [0.717, 1.165) is 26.6 Å². The molecule has 0 radical (unpaired) electrons. The first kappa shape index (κ1) is 16.8. The van der Waals surface area contributed by atoms with Crippen LogP contribution in [0.1, 0.15) is 15.9 Å². The zero-order valence-electron chi connectivity index (χ0n) is 13.0. The van der Waals surface area contributed by atoms with E-state index in [1.165, 1.54) is 0 Å². The Bertz CT molecular complexity index is 911. The van der Waals surface area contributed by atoms with Crippen molar-refractivity contribution < 1.29 is 9.53 Å². The van der Waals surface area contributed by atoms with Gasteiger partial charge in [0.2, 0.25) is 0 Å². The molecule has 0 aliphatic heterocycles. The molecule has 3 aromatic carbocycles. The fourth-order valence-electron chi connectivity index (χ4n) is 2.62. The summed E-state index contributed by atoms with van der Waals surface area (Å²) in [5.41, 5.74) is 1.47. The Morgan fingerprint density at radius 2 is 2.00 bits per heavy atom. The van der Waals surface area contributed by atoms with Crippen LogP contribution < -0.4 is 10.1 Å². The lowest BCUT2D eigenvalue weighted by Crippen LogP contribution is -2.23. The van der Waals surface area contributed by atoms with Crippen molar-refractivity contribution in [2.75, 3.05) is 7.11 Å². The maximum Gasteiger partial charge on any atom is 0.251 e. The number of methoxy groups -OCH3 is 1. The third-order valence-corrected chi connectivity index (χ3v) is 4.51. The molecule has 0 fully saturated rings. The predicted molar refractivity (Wildman–Crippen MR) is 101 cm³/mol. The Morgan fingerprint density at radius 1 is 1.17 bits per heavy atom. The molecule has 3 aromatic rings. The highest BCUT2D eigenvalue weighted by molar-refractivity contribution is 9.10. The van der Waals surface area contributed by atoms with Gasteiger partial charge in [-0.2, -0.15) is 0 Å². The number of halogens is 2. The average molecular weight is 405 g/mol. The third kappa shape index (κ3) is 3.55. The van der Waals surface area contributed by atoms with Gasteiger partial charge in [-0.3, -0.25) is 4.79 Å². The van der Waals surface area contributed by atoms with Crippen molar-refractivity contribution in [1.29, 1.82) is 0 Å². The van der Waals surface area contributed by atoms with E-state index in [9.17, 15) is 4.79 Å². The number of fused-ring (bicyclic) bond motifs is 1. The van der Waals surface area contributed by atoms with Gasteiger partial charge in [0.1, 0.15) is 5.75 Å². The molecule has 3 rings (SSSR count). The fraction of sp³-hybridized carbons (Fsp3) is 0.105. The molecule has 0 heterocycles. The van der Waals surface area contributed by atoms with Crippen LogP contribution in [0.2, 0.25) is 5.02 Å². The minimum Gasteiger partial charge on any atom is -0.496 e. The maximum atomic E-state index is 12.3. The number of amides is 1. The van der Waals surface area contributed by atoms with Crippen molar-refractivity contribution in [2.45, 2.75) is 6.54 Å². The zero-order chi connectivity index (χ0) is 17.1. The van der Waals surface area contributed by atoms with Crippen LogP contribution in [0.15, 0.2) is 59.1 Å². The summed E-state index contributed by atoms with van der Waals surface area (Å²) in [6.07, 6.45) is 0. The molecule has 3 nitrogen and oxygen atoms in total. The standard InChI is InChI=1S/C19H15BrClNO2/c1-24-18-8-5-12-9-14(20)6-7-16(12)17(18)11-22-19(23)13-3-2-4-15(21)10-13/h2-10H,11H2,1H3,(H,22,23). The minimum atomic E-state index is -0.173. The average Bonchev–Trinajstić information content (AvgIpc) is 2.59. The van der Waals surface area contributed by atoms with E-state index < -0.39 is 0 Å². The van der Waals surface area contributed by atoms with Gasteiger partial charge in [0.25, 0.3) is 5.91 Å². The van der Waals surface area contributed by atoms with Crippen molar-refractivity contribution >= 4 is 44.2 Å². The van der Waals surface area contributed by atoms with Crippen LogP contribution in [-0.2, 0) is 6.54 Å². The SMILES string of the molecule is COc1ccc2cc(Br)ccc2c1CNC(=O)c1cccc(Cl)c1. The van der Waals surface area contributed by atoms with Crippen molar-refractivity contribution in [3.8, 4) is 5.75 Å². The Hall–Kier alpha value is -2.04. The molecule has 0 atom stereocenters. The maximum absolute atomic E-state index is 12.3. The van der Waals surface area contributed by atoms with Gasteiger partial charge in [0.15, 0.2) is 0 Å². The van der Waals surface area contributed by atoms with Gasteiger partial charge < -0.3 is 10.1 Å². The number of hydrogen-bond donors (Lipinski definition) is 1. The molecule has 0 aliphatic carbocycles. The summed E-state index contributed by atoms with van der Waals surface area (Å²) in [5.74, 6) is 0.574. The molecule has 5 heteroatoms. The van der Waals surface area contributed by atoms with Crippen LogP contribution in [-0.4, -0.2) is 13.0 Å². The number of ether oxygens (including phenoxy) is 1. The number of rotatable bonds is 4. The molecular formula is C19H15BrClNO2. The molecule has 0 saturated heterocycles. The van der Waals surface area contributed by atoms with Gasteiger partial charge >= 0.3 is 0 Å². The Labute approximate surface area is 153 Å². The molecular weight excluding hydrogens is 390 g/mol. The Kier molecular flexibility index (Phi) is 5.07. The van der Waals surface area contributed by atoms with E-state index in [4.69, 9.17) is 16.3 Å². The number of benzene rings is 3. The summed E-state index contributed by atoms with van der Waals surface area (Å²) in [6, 6.07) is 16.8. The van der Waals surface area contributed by atoms with Gasteiger partial charge in [-0.15, -0.1) is 0 Å². The van der Waals surface area contributed by atoms with E-state index in [2.05, 4.69) is 21.2 Å². The topological polar surface area (TPSA) is 38.3 Å². The number of carbonyl (C=O) groups is 1. The molecule has 122 valence electrons. The van der Waals surface area contributed by atoms with Crippen molar-refractivity contribution in [1.82, 2.24) is 5.32 Å². The van der Waals surface area contributed by atoms with E-state index >= 15 is 0 Å². The zero-order valence-corrected chi connectivity index (χ0v) is 15.3. The summed E-state index contributed by atoms with van der Waals surface area (Å²) in [5, 5.41) is 5.60. The summed E-state index contributed by atoms with van der Waals surface area (Å²) >= 11 is 9.42. The number of carbonyl (C=O) groups excluding carboxylic acids is 1. The van der Waals surface area contributed by atoms with E-state index in [1.807, 2.05) is 30.3 Å². The highest BCUT2D eigenvalue weighted by Crippen LogP contribution is 2.30. The second-order valence-corrected chi connectivity index (χ2v) is 6.66. The summed E-state index contributed by atoms with van der Waals surface area (Å²) in [7, 11) is 1.63. The number of hydrogen-bond acceptors (Lipinski definition) is 2. The van der Waals surface area contributed by atoms with Crippen LogP contribution >= 0.6 is 27.5 Å². The predicted octanol–water partition coefficient (Wildman–Crippen LogP) is 5.19. The molecule has 0 aliphatic rings. The first-order valence-corrected chi connectivity index (χ1v) is 8.54. The molecule has 24 heavy (non-hydrogen) atoms. The Morgan fingerprint density at radius 3 is 2.75 bits per heavy atom. The summed E-state index contributed by atoms with van der Waals surface area (Å²) < 4.78 is 6.47. The van der Waals surface area contributed by atoms with E-state index in [-0.39, 0.29) is 5.91 Å². The largest absolute Gasteiger partial charge is 0.496 e. The highest BCUT2D eigenvalue weighted by Gasteiger charge is 2.11. The molecule has 0 bridgehead atoms. The second kappa shape index (κ2) is 7.24. The molecule has 0 saturated carbocycles. The molecule has 1 amide bonds. The normalized spacial score (nSPS) is 10.6. The first-order valence-electron chi connectivity index (χ1n) is 7.37. The van der Waals surface area contributed by atoms with E-state index in [1.54, 1.807) is 31.4 Å². The Balaban J connectivity index is 1.90. The number of nitrogens with one attached hydrogen (secondary N) is 1. The highest BCUT2D eigenvalue weighted by atomic mass is 79.9. The molecule has 0 unspecified atom stereocenters. The summed E-state index contributed by atoms with van der Waals surface area (Å²) in [4.78, 5) is 12.3. The van der Waals surface area contributed by atoms with Crippen LogP contribution in [0.3, 0.4) is 0 Å². The second-order valence-electron chi connectivity index (χ2n) is 5.30. The van der Waals surface area contributed by atoms with Gasteiger partial charge in [-0.25, -0.2) is 0 Å². The van der Waals surface area contributed by atoms with Crippen LogP contribution in [0, 0.1) is 0 Å². The lowest BCUT2D eigenvalue weighted by molar-refractivity contribution is 0.0951. The quantitative estimate of drug-likeness (QED) is 0.649. The van der Waals surface area contributed by atoms with Crippen molar-refractivity contribution in [2.24, 2.45) is 0 Å². The fourth-order valence-corrected chi connectivity index (χ4v) is 3.19. The monoisotopic (exact) mass is 403 g/mol. The van der Waals surface area contributed by atoms with Crippen LogP contribution in [0.4, 0.5) is 0 Å². The van der Waals surface area contributed by atoms with Crippen LogP contribution in [0.5, 0.6) is 5.75 Å². The van der Waals surface area contributed by atoms with Crippen molar-refractivity contribution in [3.63, 3.8) is 0 Å². The van der Waals surface area contributed by atoms with Gasteiger partial charge in [-0.05, 0) is 47.2 Å². The molecule has 1 N–H and O–H groups in total. The minimum absolute atomic E-state index is 0.173. The van der Waals surface area contributed by atoms with Gasteiger partial charge in [-0.1, -0.05) is 45.7 Å². The smallest absolute Gasteiger partial charge is 0.251 e. The molecule has 0 spiro atoms. The lowest BCUT2D eigenvalue weighted by Gasteiger charge is -2.13. The third-order valence-electron chi connectivity index (χ3n) is 3.78. The van der Waals surface area contributed by atoms with Crippen molar-refractivity contribution in [3.05, 3.63) is 75.2 Å². The van der Waals surface area contributed by atoms with Crippen LogP contribution in [0.25, 0.3) is 10.8 Å². The van der Waals surface area contributed by atoms with E-state index in [0.29, 0.717) is 17.1 Å². The lowest BCUT2D eigenvalue weighted by atomic mass is 10.0.